The summed E-state index contributed by atoms with van der Waals surface area (Å²) in [7, 11) is 0. The molecule has 3 nitrogen and oxygen atoms in total. The summed E-state index contributed by atoms with van der Waals surface area (Å²) in [6.07, 6.45) is 2.27. The molecule has 0 spiro atoms. The summed E-state index contributed by atoms with van der Waals surface area (Å²) in [5, 5.41) is 9.25. The number of pyridine rings is 1. The van der Waals surface area contributed by atoms with Gasteiger partial charge in [0.15, 0.2) is 0 Å². The van der Waals surface area contributed by atoms with Crippen molar-refractivity contribution >= 4 is 11.5 Å². The number of aliphatic hydroxyl groups excluding tert-OH is 1. The van der Waals surface area contributed by atoms with E-state index in [1.54, 1.807) is 0 Å². The SMILES string of the molecule is CCCCN(c1ccccc1)c1ccc(CO)c(C)n1. The average Bonchev–Trinajstić information content (AvgIpc) is 2.49. The van der Waals surface area contributed by atoms with Gasteiger partial charge in [-0.15, -0.1) is 0 Å². The summed E-state index contributed by atoms with van der Waals surface area (Å²) in [4.78, 5) is 6.87. The molecule has 0 aliphatic carbocycles. The van der Waals surface area contributed by atoms with Crippen molar-refractivity contribution in [2.45, 2.75) is 33.3 Å². The third kappa shape index (κ3) is 3.36. The number of unbranched alkanes of at least 4 members (excludes halogenated alkanes) is 1. The second-order valence-electron chi connectivity index (χ2n) is 4.91. The highest BCUT2D eigenvalue weighted by Gasteiger charge is 2.11. The van der Waals surface area contributed by atoms with Crippen molar-refractivity contribution < 1.29 is 5.11 Å². The van der Waals surface area contributed by atoms with Gasteiger partial charge >= 0.3 is 0 Å². The number of benzene rings is 1. The van der Waals surface area contributed by atoms with E-state index in [2.05, 4.69) is 28.9 Å². The molecule has 20 heavy (non-hydrogen) atoms. The molecule has 0 saturated carbocycles. The first-order valence-electron chi connectivity index (χ1n) is 7.16. The number of aromatic nitrogens is 1. The minimum atomic E-state index is 0.0411. The number of nitrogens with zero attached hydrogens (tertiary/aromatic N) is 2. The second-order valence-corrected chi connectivity index (χ2v) is 4.91. The van der Waals surface area contributed by atoms with Crippen LogP contribution in [0.5, 0.6) is 0 Å². The quantitative estimate of drug-likeness (QED) is 0.867. The fraction of sp³-hybridized carbons (Fsp3) is 0.353. The van der Waals surface area contributed by atoms with Crippen molar-refractivity contribution in [1.82, 2.24) is 4.98 Å². The smallest absolute Gasteiger partial charge is 0.133 e. The molecule has 0 aliphatic rings. The van der Waals surface area contributed by atoms with Gasteiger partial charge in [-0.3, -0.25) is 0 Å². The number of anilines is 2. The Morgan fingerprint density at radius 1 is 1.10 bits per heavy atom. The zero-order valence-electron chi connectivity index (χ0n) is 12.2. The van der Waals surface area contributed by atoms with Crippen LogP contribution in [0, 0.1) is 6.92 Å². The molecule has 0 aliphatic heterocycles. The molecule has 1 aromatic carbocycles. The summed E-state index contributed by atoms with van der Waals surface area (Å²) in [6.45, 7) is 5.12. The number of aryl methyl sites for hydroxylation is 1. The minimum Gasteiger partial charge on any atom is -0.392 e. The van der Waals surface area contributed by atoms with E-state index in [4.69, 9.17) is 0 Å². The van der Waals surface area contributed by atoms with Crippen LogP contribution in [0.15, 0.2) is 42.5 Å². The predicted octanol–water partition coefficient (Wildman–Crippen LogP) is 3.82. The van der Waals surface area contributed by atoms with Gasteiger partial charge in [0, 0.05) is 17.9 Å². The molecule has 0 amide bonds. The van der Waals surface area contributed by atoms with Crippen molar-refractivity contribution in [1.29, 1.82) is 0 Å². The first kappa shape index (κ1) is 14.5. The third-order valence-electron chi connectivity index (χ3n) is 3.43. The molecule has 1 N–H and O–H groups in total. The van der Waals surface area contributed by atoms with Crippen LogP contribution >= 0.6 is 0 Å². The summed E-state index contributed by atoms with van der Waals surface area (Å²) in [6, 6.07) is 14.3. The van der Waals surface area contributed by atoms with Gasteiger partial charge in [-0.1, -0.05) is 37.6 Å². The minimum absolute atomic E-state index is 0.0411. The highest BCUT2D eigenvalue weighted by molar-refractivity contribution is 5.60. The van der Waals surface area contributed by atoms with E-state index in [0.29, 0.717) is 0 Å². The Morgan fingerprint density at radius 3 is 2.45 bits per heavy atom. The molecule has 0 saturated heterocycles. The second kappa shape index (κ2) is 7.06. The molecule has 0 atom stereocenters. The van der Waals surface area contributed by atoms with Crippen molar-refractivity contribution in [3.05, 3.63) is 53.7 Å². The molecular weight excluding hydrogens is 248 g/mol. The standard InChI is InChI=1S/C17H22N2O/c1-3-4-12-19(16-8-6-5-7-9-16)17-11-10-15(13-20)14(2)18-17/h5-11,20H,3-4,12-13H2,1-2H3. The van der Waals surface area contributed by atoms with E-state index < -0.39 is 0 Å². The van der Waals surface area contributed by atoms with Crippen LogP contribution in [0.4, 0.5) is 11.5 Å². The van der Waals surface area contributed by atoms with Crippen molar-refractivity contribution in [3.63, 3.8) is 0 Å². The maximum Gasteiger partial charge on any atom is 0.133 e. The maximum atomic E-state index is 9.25. The van der Waals surface area contributed by atoms with Crippen LogP contribution in [0.2, 0.25) is 0 Å². The highest BCUT2D eigenvalue weighted by Crippen LogP contribution is 2.25. The fourth-order valence-corrected chi connectivity index (χ4v) is 2.19. The Labute approximate surface area is 120 Å². The van der Waals surface area contributed by atoms with Crippen molar-refractivity contribution in [2.75, 3.05) is 11.4 Å². The highest BCUT2D eigenvalue weighted by atomic mass is 16.3. The van der Waals surface area contributed by atoms with E-state index in [-0.39, 0.29) is 6.61 Å². The van der Waals surface area contributed by atoms with E-state index in [1.807, 2.05) is 37.3 Å². The molecule has 1 aromatic heterocycles. The number of para-hydroxylation sites is 1. The lowest BCUT2D eigenvalue weighted by atomic mass is 10.2. The summed E-state index contributed by atoms with van der Waals surface area (Å²) < 4.78 is 0. The van der Waals surface area contributed by atoms with E-state index in [9.17, 15) is 5.11 Å². The molecule has 0 bridgehead atoms. The zero-order valence-corrected chi connectivity index (χ0v) is 12.2. The van der Waals surface area contributed by atoms with Gasteiger partial charge in [-0.05, 0) is 37.1 Å². The molecule has 2 rings (SSSR count). The van der Waals surface area contributed by atoms with E-state index in [1.165, 1.54) is 0 Å². The predicted molar refractivity (Wildman–Crippen MR) is 83.3 cm³/mol. The molecule has 3 heteroatoms. The van der Waals surface area contributed by atoms with Crippen LogP contribution in [0.1, 0.15) is 31.0 Å². The molecule has 2 aromatic rings. The summed E-state index contributed by atoms with van der Waals surface area (Å²) in [5.74, 6) is 0.944. The van der Waals surface area contributed by atoms with Gasteiger partial charge in [-0.25, -0.2) is 4.98 Å². The van der Waals surface area contributed by atoms with Gasteiger partial charge in [0.1, 0.15) is 5.82 Å². The molecule has 0 unspecified atom stereocenters. The first-order chi connectivity index (χ1) is 9.76. The molecular formula is C17H22N2O. The third-order valence-corrected chi connectivity index (χ3v) is 3.43. The lowest BCUT2D eigenvalue weighted by Crippen LogP contribution is -2.20. The Kier molecular flexibility index (Phi) is 5.13. The molecule has 1 heterocycles. The summed E-state index contributed by atoms with van der Waals surface area (Å²) >= 11 is 0. The Morgan fingerprint density at radius 2 is 1.85 bits per heavy atom. The normalized spacial score (nSPS) is 10.6. The average molecular weight is 270 g/mol. The van der Waals surface area contributed by atoms with E-state index in [0.717, 1.165) is 42.1 Å². The Hall–Kier alpha value is -1.87. The lowest BCUT2D eigenvalue weighted by molar-refractivity contribution is 0.280. The number of hydrogen-bond donors (Lipinski definition) is 1. The Bertz CT molecular complexity index is 540. The zero-order chi connectivity index (χ0) is 14.4. The first-order valence-corrected chi connectivity index (χ1v) is 7.16. The van der Waals surface area contributed by atoms with Crippen LogP contribution in [0.3, 0.4) is 0 Å². The van der Waals surface area contributed by atoms with Crippen molar-refractivity contribution in [3.8, 4) is 0 Å². The van der Waals surface area contributed by atoms with Gasteiger partial charge in [-0.2, -0.15) is 0 Å². The Balaban J connectivity index is 2.33. The van der Waals surface area contributed by atoms with E-state index >= 15 is 0 Å². The largest absolute Gasteiger partial charge is 0.392 e. The number of rotatable bonds is 6. The topological polar surface area (TPSA) is 36.4 Å². The van der Waals surface area contributed by atoms with Gasteiger partial charge < -0.3 is 10.0 Å². The van der Waals surface area contributed by atoms with Gasteiger partial charge in [0.05, 0.1) is 6.61 Å². The van der Waals surface area contributed by atoms with Gasteiger partial charge in [0.25, 0.3) is 0 Å². The number of aliphatic hydroxyl groups is 1. The maximum absolute atomic E-state index is 9.25. The fourth-order valence-electron chi connectivity index (χ4n) is 2.19. The van der Waals surface area contributed by atoms with Crippen LogP contribution in [-0.4, -0.2) is 16.6 Å². The van der Waals surface area contributed by atoms with Crippen LogP contribution < -0.4 is 4.90 Å². The molecule has 0 radical (unpaired) electrons. The lowest BCUT2D eigenvalue weighted by Gasteiger charge is -2.24. The summed E-state index contributed by atoms with van der Waals surface area (Å²) in [5.41, 5.74) is 2.93. The van der Waals surface area contributed by atoms with Crippen LogP contribution in [-0.2, 0) is 6.61 Å². The molecule has 106 valence electrons. The van der Waals surface area contributed by atoms with Gasteiger partial charge in [0.2, 0.25) is 0 Å². The molecule has 0 fully saturated rings. The number of hydrogen-bond acceptors (Lipinski definition) is 3. The van der Waals surface area contributed by atoms with Crippen LogP contribution in [0.25, 0.3) is 0 Å². The van der Waals surface area contributed by atoms with Crippen molar-refractivity contribution in [2.24, 2.45) is 0 Å². The monoisotopic (exact) mass is 270 g/mol.